The second-order valence-electron chi connectivity index (χ2n) is 3.16. The highest BCUT2D eigenvalue weighted by atomic mass is 16.5. The Morgan fingerprint density at radius 2 is 2.44 bits per heavy atom. The maximum atomic E-state index is 11.7. The zero-order valence-electron chi connectivity index (χ0n) is 8.86. The van der Waals surface area contributed by atoms with Crippen molar-refractivity contribution in [3.05, 3.63) is 41.2 Å². The van der Waals surface area contributed by atoms with Gasteiger partial charge in [0.05, 0.1) is 23.7 Å². The van der Waals surface area contributed by atoms with E-state index in [0.29, 0.717) is 29.1 Å². The van der Waals surface area contributed by atoms with Gasteiger partial charge in [0, 0.05) is 6.20 Å². The monoisotopic (exact) mass is 217 g/mol. The van der Waals surface area contributed by atoms with Crippen LogP contribution in [-0.4, -0.2) is 21.6 Å². The number of hydrogen-bond donors (Lipinski definition) is 1. The molecule has 16 heavy (non-hydrogen) atoms. The van der Waals surface area contributed by atoms with E-state index in [1.807, 2.05) is 6.92 Å². The second kappa shape index (κ2) is 4.14. The summed E-state index contributed by atoms with van der Waals surface area (Å²) in [5, 5.41) is 0.503. The van der Waals surface area contributed by atoms with E-state index >= 15 is 0 Å². The first-order chi connectivity index (χ1) is 7.72. The highest BCUT2D eigenvalue weighted by Gasteiger charge is 2.06. The molecule has 82 valence electrons. The molecule has 2 heterocycles. The first kappa shape index (κ1) is 10.4. The van der Waals surface area contributed by atoms with Crippen LogP contribution in [-0.2, 0) is 4.74 Å². The van der Waals surface area contributed by atoms with Crippen LogP contribution in [0.3, 0.4) is 0 Å². The van der Waals surface area contributed by atoms with Crippen molar-refractivity contribution >= 4 is 16.7 Å². The molecule has 2 aromatic heterocycles. The number of fused-ring (bicyclic) bond motifs is 1. The summed E-state index contributed by atoms with van der Waals surface area (Å²) in [4.78, 5) is 22.4. The Morgan fingerprint density at radius 3 is 3.19 bits per heavy atom. The first-order valence-electron chi connectivity index (χ1n) is 4.88. The number of ether oxygens (including phenoxy) is 1. The predicted molar refractivity (Wildman–Crippen MR) is 60.8 cm³/mol. The maximum absolute atomic E-state index is 11.7. The first-order valence-corrected chi connectivity index (χ1v) is 4.88. The molecule has 2 aromatic rings. The summed E-state index contributed by atoms with van der Waals surface area (Å²) in [6.07, 6.45) is 3.09. The molecule has 0 aliphatic rings. The van der Waals surface area contributed by atoms with Crippen molar-refractivity contribution in [1.82, 2.24) is 15.0 Å². The average Bonchev–Trinajstić information content (AvgIpc) is 2.29. The summed E-state index contributed by atoms with van der Waals surface area (Å²) >= 11 is 0. The normalized spacial score (nSPS) is 10.3. The van der Waals surface area contributed by atoms with E-state index in [1.165, 1.54) is 6.20 Å². The molecule has 0 saturated heterocycles. The third-order valence-electron chi connectivity index (χ3n) is 2.09. The summed E-state index contributed by atoms with van der Waals surface area (Å²) in [6.45, 7) is 6.01. The van der Waals surface area contributed by atoms with Gasteiger partial charge in [-0.1, -0.05) is 6.58 Å². The zero-order chi connectivity index (χ0) is 11.5. The fourth-order valence-corrected chi connectivity index (χ4v) is 1.37. The van der Waals surface area contributed by atoms with Crippen LogP contribution in [0.25, 0.3) is 16.7 Å². The Labute approximate surface area is 91.8 Å². The molecule has 5 nitrogen and oxygen atoms in total. The van der Waals surface area contributed by atoms with Gasteiger partial charge in [0.25, 0.3) is 5.56 Å². The zero-order valence-corrected chi connectivity index (χ0v) is 8.86. The molecule has 0 radical (unpaired) electrons. The van der Waals surface area contributed by atoms with Crippen LogP contribution >= 0.6 is 0 Å². The van der Waals surface area contributed by atoms with E-state index in [1.54, 1.807) is 12.3 Å². The Hall–Kier alpha value is -2.17. The Bertz CT molecular complexity index is 589. The van der Waals surface area contributed by atoms with Crippen molar-refractivity contribution in [2.75, 3.05) is 6.61 Å². The fourth-order valence-electron chi connectivity index (χ4n) is 1.37. The van der Waals surface area contributed by atoms with E-state index in [-0.39, 0.29) is 5.56 Å². The van der Waals surface area contributed by atoms with Gasteiger partial charge in [-0.2, -0.15) is 0 Å². The molecule has 2 rings (SSSR count). The lowest BCUT2D eigenvalue weighted by atomic mass is 10.3. The van der Waals surface area contributed by atoms with Crippen LogP contribution in [0.5, 0.6) is 0 Å². The Balaban J connectivity index is 2.58. The smallest absolute Gasteiger partial charge is 0.259 e. The molecule has 0 fully saturated rings. The van der Waals surface area contributed by atoms with Gasteiger partial charge in [0.1, 0.15) is 0 Å². The predicted octanol–water partition coefficient (Wildman–Crippen LogP) is 1.33. The lowest BCUT2D eigenvalue weighted by Crippen LogP contribution is -2.12. The number of H-pyrrole nitrogens is 1. The molecule has 0 amide bonds. The van der Waals surface area contributed by atoms with Gasteiger partial charge in [-0.25, -0.2) is 4.98 Å². The minimum Gasteiger partial charge on any atom is -0.491 e. The molecule has 0 bridgehead atoms. The van der Waals surface area contributed by atoms with Gasteiger partial charge in [-0.15, -0.1) is 0 Å². The van der Waals surface area contributed by atoms with Crippen molar-refractivity contribution < 1.29 is 4.74 Å². The lowest BCUT2D eigenvalue weighted by molar-refractivity contribution is 0.296. The Morgan fingerprint density at radius 1 is 1.62 bits per heavy atom. The highest BCUT2D eigenvalue weighted by molar-refractivity contribution is 5.77. The molecule has 0 aliphatic heterocycles. The molecule has 0 aromatic carbocycles. The number of nitrogens with one attached hydrogen (secondary N) is 1. The molecule has 5 heteroatoms. The number of nitrogens with zero attached hydrogens (tertiary/aromatic N) is 2. The quantitative estimate of drug-likeness (QED) is 0.787. The minimum atomic E-state index is -0.219. The number of hydrogen-bond acceptors (Lipinski definition) is 4. The fraction of sp³-hybridized carbons (Fsp3) is 0.182. The van der Waals surface area contributed by atoms with Crippen molar-refractivity contribution in [2.24, 2.45) is 0 Å². The van der Waals surface area contributed by atoms with E-state index in [2.05, 4.69) is 21.5 Å². The molecule has 1 N–H and O–H groups in total. The van der Waals surface area contributed by atoms with Crippen LogP contribution in [0, 0.1) is 0 Å². The summed E-state index contributed by atoms with van der Waals surface area (Å²) in [7, 11) is 0. The van der Waals surface area contributed by atoms with Crippen molar-refractivity contribution in [3.63, 3.8) is 0 Å². The SMILES string of the molecule is C=C(OCC)c1nc2cnccc2c(=O)[nH]1. The third kappa shape index (κ3) is 1.79. The van der Waals surface area contributed by atoms with Gasteiger partial charge < -0.3 is 9.72 Å². The van der Waals surface area contributed by atoms with Crippen LogP contribution in [0.2, 0.25) is 0 Å². The summed E-state index contributed by atoms with van der Waals surface area (Å²) < 4.78 is 5.18. The number of pyridine rings is 1. The van der Waals surface area contributed by atoms with E-state index in [9.17, 15) is 4.79 Å². The Kier molecular flexibility index (Phi) is 2.68. The molecule has 0 saturated carbocycles. The van der Waals surface area contributed by atoms with Crippen LogP contribution in [0.1, 0.15) is 12.7 Å². The summed E-state index contributed by atoms with van der Waals surface area (Å²) in [5.74, 6) is 0.692. The second-order valence-corrected chi connectivity index (χ2v) is 3.16. The topological polar surface area (TPSA) is 67.9 Å². The molecule has 0 unspecified atom stereocenters. The molecule has 0 atom stereocenters. The van der Waals surface area contributed by atoms with Crippen molar-refractivity contribution in [1.29, 1.82) is 0 Å². The molecular formula is C11H11N3O2. The van der Waals surface area contributed by atoms with Gasteiger partial charge in [0.15, 0.2) is 11.6 Å². The molecular weight excluding hydrogens is 206 g/mol. The summed E-state index contributed by atoms with van der Waals surface area (Å²) in [6, 6.07) is 1.62. The van der Waals surface area contributed by atoms with Gasteiger partial charge >= 0.3 is 0 Å². The maximum Gasteiger partial charge on any atom is 0.259 e. The minimum absolute atomic E-state index is 0.219. The average molecular weight is 217 g/mol. The van der Waals surface area contributed by atoms with Crippen LogP contribution in [0.4, 0.5) is 0 Å². The van der Waals surface area contributed by atoms with Crippen molar-refractivity contribution in [3.8, 4) is 0 Å². The van der Waals surface area contributed by atoms with Crippen LogP contribution in [0.15, 0.2) is 29.8 Å². The van der Waals surface area contributed by atoms with Gasteiger partial charge in [-0.05, 0) is 13.0 Å². The molecule has 0 spiro atoms. The van der Waals surface area contributed by atoms with Crippen molar-refractivity contribution in [2.45, 2.75) is 6.92 Å². The number of aromatic amines is 1. The van der Waals surface area contributed by atoms with E-state index < -0.39 is 0 Å². The van der Waals surface area contributed by atoms with Gasteiger partial charge in [0.2, 0.25) is 0 Å². The lowest BCUT2D eigenvalue weighted by Gasteiger charge is -2.06. The van der Waals surface area contributed by atoms with E-state index in [0.717, 1.165) is 0 Å². The number of rotatable bonds is 3. The third-order valence-corrected chi connectivity index (χ3v) is 2.09. The summed E-state index contributed by atoms with van der Waals surface area (Å²) in [5.41, 5.74) is 0.311. The van der Waals surface area contributed by atoms with E-state index in [4.69, 9.17) is 4.74 Å². The standard InChI is InChI=1S/C11H11N3O2/c1-3-16-7(2)10-13-9-6-12-5-4-8(9)11(15)14-10/h4-6H,2-3H2,1H3,(H,13,14,15). The van der Waals surface area contributed by atoms with Crippen LogP contribution < -0.4 is 5.56 Å². The number of aromatic nitrogens is 3. The molecule has 0 aliphatic carbocycles. The van der Waals surface area contributed by atoms with Gasteiger partial charge in [-0.3, -0.25) is 9.78 Å². The highest BCUT2D eigenvalue weighted by Crippen LogP contribution is 2.10. The largest absolute Gasteiger partial charge is 0.491 e.